The number of para-hydroxylation sites is 1. The maximum Gasteiger partial charge on any atom is 0.154 e. The highest BCUT2D eigenvalue weighted by Crippen LogP contribution is 2.18. The fraction of sp³-hybridized carbons (Fsp3) is 0.222. The van der Waals surface area contributed by atoms with E-state index < -0.39 is 0 Å². The average molecular weight is 242 g/mol. The minimum atomic E-state index is 0. The smallest absolute Gasteiger partial charge is 0.154 e. The minimum Gasteiger partial charge on any atom is -0.506 e. The maximum atomic E-state index is 9.14. The first kappa shape index (κ1) is 14.1. The lowest BCUT2D eigenvalue weighted by Gasteiger charge is -1.87. The highest BCUT2D eigenvalue weighted by molar-refractivity contribution is 5.85. The first-order valence-corrected chi connectivity index (χ1v) is 4.36. The number of fused-ring (bicyclic) bond motifs is 1. The van der Waals surface area contributed by atoms with Crippen LogP contribution in [0.25, 0.3) is 11.0 Å². The molecule has 16 heavy (non-hydrogen) atoms. The molecule has 0 radical (unpaired) electrons. The molecule has 0 unspecified atom stereocenters. The number of nitrogens with one attached hydrogen (secondary N) is 2. The fourth-order valence-corrected chi connectivity index (χ4v) is 0.932. The fourth-order valence-electron chi connectivity index (χ4n) is 0.932. The Labute approximate surface area is 98.3 Å². The van der Waals surface area contributed by atoms with Gasteiger partial charge in [-0.25, -0.2) is 10.4 Å². The number of aromatic hydroxyl groups is 1. The highest BCUT2D eigenvalue weighted by Gasteiger charge is 1.99. The summed E-state index contributed by atoms with van der Waals surface area (Å²) in [6.45, 7) is 2.53. The molecule has 0 saturated heterocycles. The molecule has 1 heterocycles. The summed E-state index contributed by atoms with van der Waals surface area (Å²) in [7, 11) is 0. The van der Waals surface area contributed by atoms with Gasteiger partial charge in [-0.05, 0) is 19.1 Å². The van der Waals surface area contributed by atoms with Crippen molar-refractivity contribution in [3.63, 3.8) is 0 Å². The largest absolute Gasteiger partial charge is 0.506 e. The Morgan fingerprint density at radius 2 is 2.25 bits per heavy atom. The lowest BCUT2D eigenvalue weighted by molar-refractivity contribution is 0.480. The summed E-state index contributed by atoms with van der Waals surface area (Å²) in [4.78, 5) is 3.39. The quantitative estimate of drug-likeness (QED) is 0.665. The zero-order valence-electron chi connectivity index (χ0n) is 8.64. The van der Waals surface area contributed by atoms with Crippen molar-refractivity contribution in [3.8, 4) is 5.75 Å². The van der Waals surface area contributed by atoms with Gasteiger partial charge in [-0.3, -0.25) is 0 Å². The van der Waals surface area contributed by atoms with Crippen LogP contribution >= 0.6 is 12.4 Å². The summed E-state index contributed by atoms with van der Waals surface area (Å²) in [6, 6.07) is 6.97. The van der Waals surface area contributed by atoms with Crippen molar-refractivity contribution in [1.29, 1.82) is 5.41 Å². The molecule has 1 aromatic carbocycles. The van der Waals surface area contributed by atoms with Crippen molar-refractivity contribution >= 4 is 29.4 Å². The number of phenols is 1. The van der Waals surface area contributed by atoms with E-state index in [0.717, 1.165) is 0 Å². The number of aliphatic imine (C=N–C) groups is 1. The number of H-pyrrole nitrogens is 1. The van der Waals surface area contributed by atoms with Crippen molar-refractivity contribution in [2.75, 3.05) is 6.54 Å². The molecule has 1 aromatic heterocycles. The molecule has 0 saturated carbocycles. The van der Waals surface area contributed by atoms with Crippen LogP contribution in [-0.4, -0.2) is 33.1 Å². The second-order valence-corrected chi connectivity index (χ2v) is 2.55. The molecular formula is C9H12ClN5O. The lowest BCUT2D eigenvalue weighted by atomic mass is 10.3. The third kappa shape index (κ3) is 3.68. The van der Waals surface area contributed by atoms with E-state index in [2.05, 4.69) is 20.4 Å². The van der Waals surface area contributed by atoms with E-state index in [1.165, 1.54) is 0 Å². The van der Waals surface area contributed by atoms with Crippen molar-refractivity contribution < 1.29 is 5.11 Å². The van der Waals surface area contributed by atoms with E-state index in [0.29, 0.717) is 17.6 Å². The molecule has 2 rings (SSSR count). The number of hydrogen-bond donors (Lipinski definition) is 3. The molecule has 0 atom stereocenters. The Hall–Kier alpha value is -1.91. The molecule has 7 heteroatoms. The SMILES string of the molecule is CCN=C=N.Cl.Oc1cccc2n[nH]nc12. The molecule has 0 fully saturated rings. The van der Waals surface area contributed by atoms with Gasteiger partial charge in [0.15, 0.2) is 5.52 Å². The van der Waals surface area contributed by atoms with E-state index >= 15 is 0 Å². The summed E-state index contributed by atoms with van der Waals surface area (Å²) in [6.07, 6.45) is 0. The topological polar surface area (TPSA) is 98.0 Å². The maximum absolute atomic E-state index is 9.14. The van der Waals surface area contributed by atoms with Gasteiger partial charge >= 0.3 is 0 Å². The summed E-state index contributed by atoms with van der Waals surface area (Å²) >= 11 is 0. The minimum absolute atomic E-state index is 0. The Bertz CT molecular complexity index is 477. The van der Waals surface area contributed by atoms with Gasteiger partial charge in [-0.15, -0.1) is 12.4 Å². The predicted molar refractivity (Wildman–Crippen MR) is 63.5 cm³/mol. The van der Waals surface area contributed by atoms with Crippen LogP contribution in [0.4, 0.5) is 0 Å². The second-order valence-electron chi connectivity index (χ2n) is 2.55. The van der Waals surface area contributed by atoms with E-state index in [4.69, 9.17) is 10.5 Å². The molecule has 0 spiro atoms. The number of halogens is 1. The second kappa shape index (κ2) is 7.39. The number of rotatable bonds is 1. The first-order valence-electron chi connectivity index (χ1n) is 4.36. The number of hydrogen-bond acceptors (Lipinski definition) is 5. The zero-order chi connectivity index (χ0) is 11.1. The predicted octanol–water partition coefficient (Wildman–Crippen LogP) is 1.84. The molecule has 6 nitrogen and oxygen atoms in total. The van der Waals surface area contributed by atoms with Gasteiger partial charge in [-0.2, -0.15) is 15.4 Å². The monoisotopic (exact) mass is 241 g/mol. The van der Waals surface area contributed by atoms with Crippen LogP contribution in [0.1, 0.15) is 6.92 Å². The van der Waals surface area contributed by atoms with Crippen molar-refractivity contribution in [2.24, 2.45) is 4.99 Å². The van der Waals surface area contributed by atoms with E-state index in [1.807, 2.05) is 12.9 Å². The summed E-state index contributed by atoms with van der Waals surface area (Å²) in [5, 5.41) is 25.3. The van der Waals surface area contributed by atoms with Crippen molar-refractivity contribution in [2.45, 2.75) is 6.92 Å². The Kier molecular flexibility index (Phi) is 6.51. The van der Waals surface area contributed by atoms with Crippen LogP contribution in [0.2, 0.25) is 0 Å². The van der Waals surface area contributed by atoms with Gasteiger partial charge in [0.05, 0.1) is 6.01 Å². The number of aromatic amines is 1. The molecule has 0 amide bonds. The number of phenolic OH excluding ortho intramolecular Hbond substituents is 1. The molecule has 2 aromatic rings. The molecular weight excluding hydrogens is 230 g/mol. The van der Waals surface area contributed by atoms with Crippen LogP contribution in [-0.2, 0) is 0 Å². The van der Waals surface area contributed by atoms with Crippen LogP contribution in [0.15, 0.2) is 23.2 Å². The van der Waals surface area contributed by atoms with Gasteiger partial charge in [0.25, 0.3) is 0 Å². The third-order valence-corrected chi connectivity index (χ3v) is 1.56. The molecule has 86 valence electrons. The normalized spacial score (nSPS) is 8.31. The Morgan fingerprint density at radius 3 is 2.75 bits per heavy atom. The highest BCUT2D eigenvalue weighted by atomic mass is 35.5. The molecule has 0 bridgehead atoms. The van der Waals surface area contributed by atoms with E-state index in [9.17, 15) is 0 Å². The molecule has 3 N–H and O–H groups in total. The van der Waals surface area contributed by atoms with E-state index in [-0.39, 0.29) is 18.2 Å². The van der Waals surface area contributed by atoms with Crippen molar-refractivity contribution in [1.82, 2.24) is 15.4 Å². The lowest BCUT2D eigenvalue weighted by Crippen LogP contribution is -1.68. The van der Waals surface area contributed by atoms with Gasteiger partial charge in [0.2, 0.25) is 0 Å². The van der Waals surface area contributed by atoms with Gasteiger partial charge in [0.1, 0.15) is 11.3 Å². The summed E-state index contributed by atoms with van der Waals surface area (Å²) < 4.78 is 0. The van der Waals surface area contributed by atoms with Crippen LogP contribution in [0.3, 0.4) is 0 Å². The standard InChI is InChI=1S/C6H5N3O.C3H6N2.ClH/c10-5-3-1-2-4-6(5)8-9-7-4;1-2-5-3-4;/h1-3,10H,(H,7,8,9);4H,2H2,1H3;1H. The number of benzene rings is 1. The van der Waals surface area contributed by atoms with Crippen LogP contribution in [0, 0.1) is 5.41 Å². The van der Waals surface area contributed by atoms with Crippen LogP contribution < -0.4 is 0 Å². The van der Waals surface area contributed by atoms with Gasteiger partial charge in [0, 0.05) is 6.54 Å². The first-order chi connectivity index (χ1) is 7.29. The van der Waals surface area contributed by atoms with Gasteiger partial charge in [-0.1, -0.05) is 6.07 Å². The number of nitrogens with zero attached hydrogens (tertiary/aromatic N) is 3. The Balaban J connectivity index is 0.000000330. The molecule has 0 aliphatic rings. The third-order valence-electron chi connectivity index (χ3n) is 1.56. The Morgan fingerprint density at radius 1 is 1.50 bits per heavy atom. The van der Waals surface area contributed by atoms with Crippen molar-refractivity contribution in [3.05, 3.63) is 18.2 Å². The average Bonchev–Trinajstić information content (AvgIpc) is 2.69. The summed E-state index contributed by atoms with van der Waals surface area (Å²) in [5.41, 5.74) is 1.20. The van der Waals surface area contributed by atoms with Gasteiger partial charge < -0.3 is 5.11 Å². The molecule has 0 aliphatic heterocycles. The number of aromatic nitrogens is 3. The summed E-state index contributed by atoms with van der Waals surface area (Å²) in [5.74, 6) is 0.159. The van der Waals surface area contributed by atoms with E-state index in [1.54, 1.807) is 18.2 Å². The molecule has 0 aliphatic carbocycles. The zero-order valence-corrected chi connectivity index (χ0v) is 9.45. The van der Waals surface area contributed by atoms with Crippen LogP contribution in [0.5, 0.6) is 5.75 Å².